The minimum absolute atomic E-state index is 0.0185. The second-order valence-corrected chi connectivity index (χ2v) is 4.76. The van der Waals surface area contributed by atoms with Crippen LogP contribution in [0.3, 0.4) is 0 Å². The van der Waals surface area contributed by atoms with E-state index < -0.39 is 33.3 Å². The number of benzene rings is 1. The van der Waals surface area contributed by atoms with Crippen LogP contribution in [-0.4, -0.2) is 38.7 Å². The van der Waals surface area contributed by atoms with Crippen LogP contribution >= 0.6 is 15.9 Å². The fourth-order valence-corrected chi connectivity index (χ4v) is 1.94. The zero-order chi connectivity index (χ0) is 16.2. The molecule has 1 aromatic rings. The molecule has 0 spiro atoms. The van der Waals surface area contributed by atoms with Crippen LogP contribution in [0.4, 0.5) is 17.1 Å². The summed E-state index contributed by atoms with van der Waals surface area (Å²) >= 11 is 2.93. The van der Waals surface area contributed by atoms with Gasteiger partial charge < -0.3 is 15.5 Å². The molecule has 0 aliphatic heterocycles. The molecule has 3 N–H and O–H groups in total. The fourth-order valence-electron chi connectivity index (χ4n) is 1.45. The first-order chi connectivity index (χ1) is 9.73. The van der Waals surface area contributed by atoms with E-state index in [-0.39, 0.29) is 23.1 Å². The lowest BCUT2D eigenvalue weighted by molar-refractivity contribution is -0.394. The summed E-state index contributed by atoms with van der Waals surface area (Å²) < 4.78 is 0.0411. The Morgan fingerprint density at radius 3 is 2.33 bits per heavy atom. The predicted octanol–water partition coefficient (Wildman–Crippen LogP) is 1.51. The predicted molar refractivity (Wildman–Crippen MR) is 74.2 cm³/mol. The number of carboxylic acid groups (broad SMARTS) is 1. The van der Waals surface area contributed by atoms with Gasteiger partial charge in [0.1, 0.15) is 5.69 Å². The molecule has 11 heteroatoms. The highest BCUT2D eigenvalue weighted by atomic mass is 79.9. The topological polar surface area (TPSA) is 156 Å². The molecule has 0 saturated carbocycles. The number of carbonyl (C=O) groups is 1. The second-order valence-electron chi connectivity index (χ2n) is 3.90. The minimum Gasteiger partial charge on any atom is -0.479 e. The summed E-state index contributed by atoms with van der Waals surface area (Å²) in [6.45, 7) is -0.0570. The Labute approximate surface area is 125 Å². The molecule has 1 atom stereocenters. The average Bonchev–Trinajstić information content (AvgIpc) is 2.37. The SMILES string of the molecule is O=C(O)[C@H](O)CCNc1cc(Br)c([N+](=O)[O-])cc1[N+](=O)[O-]. The summed E-state index contributed by atoms with van der Waals surface area (Å²) in [5.74, 6) is -1.41. The van der Waals surface area contributed by atoms with Gasteiger partial charge in [-0.1, -0.05) is 0 Å². The molecule has 0 aliphatic carbocycles. The molecule has 1 rings (SSSR count). The lowest BCUT2D eigenvalue weighted by Gasteiger charge is -2.09. The molecule has 0 amide bonds. The molecule has 0 aliphatic rings. The first kappa shape index (κ1) is 16.8. The Kier molecular flexibility index (Phi) is 5.55. The van der Waals surface area contributed by atoms with E-state index >= 15 is 0 Å². The van der Waals surface area contributed by atoms with Gasteiger partial charge in [-0.05, 0) is 22.0 Å². The third-order valence-corrected chi connectivity index (χ3v) is 3.11. The number of carboxylic acids is 1. The molecule has 0 saturated heterocycles. The van der Waals surface area contributed by atoms with Gasteiger partial charge in [0.25, 0.3) is 11.4 Å². The molecule has 114 valence electrons. The molecule has 0 bridgehead atoms. The molecule has 0 fully saturated rings. The number of aliphatic carboxylic acids is 1. The first-order valence-corrected chi connectivity index (χ1v) is 6.30. The smallest absolute Gasteiger partial charge is 0.332 e. The summed E-state index contributed by atoms with van der Waals surface area (Å²) in [5, 5.41) is 41.8. The molecule has 0 heterocycles. The van der Waals surface area contributed by atoms with Crippen LogP contribution in [0.15, 0.2) is 16.6 Å². The highest BCUT2D eigenvalue weighted by Crippen LogP contribution is 2.35. The number of nitrogens with one attached hydrogen (secondary N) is 1. The third-order valence-electron chi connectivity index (χ3n) is 2.48. The van der Waals surface area contributed by atoms with Gasteiger partial charge in [0.05, 0.1) is 20.4 Å². The summed E-state index contributed by atoms with van der Waals surface area (Å²) in [4.78, 5) is 30.5. The zero-order valence-corrected chi connectivity index (χ0v) is 11.9. The Bertz CT molecular complexity index is 592. The Morgan fingerprint density at radius 2 is 1.86 bits per heavy atom. The van der Waals surface area contributed by atoms with Crippen LogP contribution < -0.4 is 5.32 Å². The van der Waals surface area contributed by atoms with Crippen molar-refractivity contribution in [3.63, 3.8) is 0 Å². The standard InChI is InChI=1S/C10H10BrN3O7/c11-5-3-6(12-2-1-9(15)10(16)17)8(14(20)21)4-7(5)13(18)19/h3-4,9,12,15H,1-2H2,(H,16,17)/t9-/m1/s1. The highest BCUT2D eigenvalue weighted by molar-refractivity contribution is 9.10. The van der Waals surface area contributed by atoms with Gasteiger partial charge in [-0.15, -0.1) is 0 Å². The van der Waals surface area contributed by atoms with Crippen molar-refractivity contribution in [3.8, 4) is 0 Å². The lowest BCUT2D eigenvalue weighted by atomic mass is 10.2. The lowest BCUT2D eigenvalue weighted by Crippen LogP contribution is -2.22. The fraction of sp³-hybridized carbons (Fsp3) is 0.300. The molecule has 21 heavy (non-hydrogen) atoms. The molecule has 10 nitrogen and oxygen atoms in total. The highest BCUT2D eigenvalue weighted by Gasteiger charge is 2.23. The van der Waals surface area contributed by atoms with Crippen molar-refractivity contribution < 1.29 is 24.9 Å². The van der Waals surface area contributed by atoms with E-state index in [0.717, 1.165) is 12.1 Å². The monoisotopic (exact) mass is 363 g/mol. The Morgan fingerprint density at radius 1 is 1.29 bits per heavy atom. The number of rotatable bonds is 7. The van der Waals surface area contributed by atoms with Crippen LogP contribution in [0.1, 0.15) is 6.42 Å². The number of nitro benzene ring substituents is 2. The number of nitro groups is 2. The van der Waals surface area contributed by atoms with E-state index in [1.54, 1.807) is 0 Å². The molecule has 1 aromatic carbocycles. The number of hydrogen-bond acceptors (Lipinski definition) is 7. The van der Waals surface area contributed by atoms with Gasteiger partial charge in [-0.25, -0.2) is 4.79 Å². The van der Waals surface area contributed by atoms with E-state index in [1.165, 1.54) is 0 Å². The van der Waals surface area contributed by atoms with Crippen molar-refractivity contribution in [2.75, 3.05) is 11.9 Å². The van der Waals surface area contributed by atoms with E-state index in [4.69, 9.17) is 10.2 Å². The van der Waals surface area contributed by atoms with Gasteiger partial charge in [0.15, 0.2) is 6.10 Å². The Hall–Kier alpha value is -2.27. The Balaban J connectivity index is 2.96. The zero-order valence-electron chi connectivity index (χ0n) is 10.4. The normalized spacial score (nSPS) is 11.7. The van der Waals surface area contributed by atoms with Crippen LogP contribution in [0.5, 0.6) is 0 Å². The maximum Gasteiger partial charge on any atom is 0.332 e. The van der Waals surface area contributed by atoms with Crippen LogP contribution in [0.2, 0.25) is 0 Å². The average molecular weight is 364 g/mol. The number of halogens is 1. The molecule has 0 radical (unpaired) electrons. The first-order valence-electron chi connectivity index (χ1n) is 5.51. The molecular formula is C10H10BrN3O7. The van der Waals surface area contributed by atoms with Crippen molar-refractivity contribution in [2.24, 2.45) is 0 Å². The van der Waals surface area contributed by atoms with Crippen molar-refractivity contribution in [1.82, 2.24) is 0 Å². The van der Waals surface area contributed by atoms with Crippen LogP contribution in [0, 0.1) is 20.2 Å². The van der Waals surface area contributed by atoms with E-state index in [9.17, 15) is 25.0 Å². The van der Waals surface area contributed by atoms with Crippen LogP contribution in [0.25, 0.3) is 0 Å². The summed E-state index contributed by atoms with van der Waals surface area (Å²) in [5.41, 5.74) is -0.998. The van der Waals surface area contributed by atoms with E-state index in [2.05, 4.69) is 21.2 Å². The number of aliphatic hydroxyl groups excluding tert-OH is 1. The number of nitrogens with zero attached hydrogens (tertiary/aromatic N) is 2. The van der Waals surface area contributed by atoms with Crippen molar-refractivity contribution >= 4 is 39.0 Å². The largest absolute Gasteiger partial charge is 0.479 e. The van der Waals surface area contributed by atoms with Gasteiger partial charge in [0.2, 0.25) is 0 Å². The van der Waals surface area contributed by atoms with E-state index in [1.807, 2.05) is 0 Å². The number of aliphatic hydroxyl groups is 1. The van der Waals surface area contributed by atoms with Crippen molar-refractivity contribution in [3.05, 3.63) is 36.8 Å². The molecule has 0 aromatic heterocycles. The maximum absolute atomic E-state index is 10.9. The van der Waals surface area contributed by atoms with Gasteiger partial charge in [-0.2, -0.15) is 0 Å². The van der Waals surface area contributed by atoms with Crippen molar-refractivity contribution in [1.29, 1.82) is 0 Å². The summed E-state index contributed by atoms with van der Waals surface area (Å²) in [6.07, 6.45) is -1.78. The minimum atomic E-state index is -1.60. The number of hydrogen-bond donors (Lipinski definition) is 3. The summed E-state index contributed by atoms with van der Waals surface area (Å²) in [7, 11) is 0. The van der Waals surface area contributed by atoms with Crippen molar-refractivity contribution in [2.45, 2.75) is 12.5 Å². The third kappa shape index (κ3) is 4.36. The molecular weight excluding hydrogens is 354 g/mol. The van der Waals surface area contributed by atoms with Gasteiger partial charge in [0, 0.05) is 13.0 Å². The summed E-state index contributed by atoms with van der Waals surface area (Å²) in [6, 6.07) is 1.95. The second kappa shape index (κ2) is 6.95. The van der Waals surface area contributed by atoms with Gasteiger partial charge >= 0.3 is 5.97 Å². The van der Waals surface area contributed by atoms with E-state index in [0.29, 0.717) is 0 Å². The number of anilines is 1. The molecule has 0 unspecified atom stereocenters. The quantitative estimate of drug-likeness (QED) is 0.485. The maximum atomic E-state index is 10.9. The van der Waals surface area contributed by atoms with Crippen LogP contribution in [-0.2, 0) is 4.79 Å². The van der Waals surface area contributed by atoms with Gasteiger partial charge in [-0.3, -0.25) is 20.2 Å².